The quantitative estimate of drug-likeness (QED) is 0.419. The van der Waals surface area contributed by atoms with Crippen LogP contribution in [-0.4, -0.2) is 9.55 Å². The summed E-state index contributed by atoms with van der Waals surface area (Å²) in [5.74, 6) is -0.213. The molecule has 0 aliphatic heterocycles. The van der Waals surface area contributed by atoms with Crippen molar-refractivity contribution in [1.82, 2.24) is 9.55 Å². The van der Waals surface area contributed by atoms with Gasteiger partial charge in [-0.2, -0.15) is 0 Å². The van der Waals surface area contributed by atoms with Crippen LogP contribution in [0.15, 0.2) is 73.1 Å². The largest absolute Gasteiger partial charge is 0.327 e. The number of rotatable bonds is 2. The van der Waals surface area contributed by atoms with Gasteiger partial charge in [0.05, 0.1) is 0 Å². The third-order valence-electron chi connectivity index (χ3n) is 4.64. The number of fused-ring (bicyclic) bond motifs is 1. The standard InChI is InChI=1S/C23H21FN2/c1-23(2,3)26-13-12-17-14-18(15-25-22(17)26)20-11-7-10-19(21(20)24)16-8-5-4-6-9-16/h4-15H,1-3H3. The predicted molar refractivity (Wildman–Crippen MR) is 106 cm³/mol. The molecule has 0 saturated heterocycles. The van der Waals surface area contributed by atoms with Crippen LogP contribution >= 0.6 is 0 Å². The van der Waals surface area contributed by atoms with Crippen LogP contribution in [0.25, 0.3) is 33.3 Å². The lowest BCUT2D eigenvalue weighted by molar-refractivity contribution is 0.408. The SMILES string of the molecule is CC(C)(C)n1ccc2cc(-c3cccc(-c4ccccc4)c3F)cnc21. The van der Waals surface area contributed by atoms with Crippen LogP contribution < -0.4 is 0 Å². The smallest absolute Gasteiger partial charge is 0.140 e. The molecule has 130 valence electrons. The second-order valence-corrected chi connectivity index (χ2v) is 7.53. The number of pyridine rings is 1. The minimum atomic E-state index is -0.213. The Labute approximate surface area is 152 Å². The van der Waals surface area contributed by atoms with E-state index in [2.05, 4.69) is 30.3 Å². The van der Waals surface area contributed by atoms with E-state index in [9.17, 15) is 0 Å². The first-order valence-corrected chi connectivity index (χ1v) is 8.77. The lowest BCUT2D eigenvalue weighted by atomic mass is 9.98. The van der Waals surface area contributed by atoms with Crippen LogP contribution in [0.5, 0.6) is 0 Å². The van der Waals surface area contributed by atoms with Crippen molar-refractivity contribution in [2.24, 2.45) is 0 Å². The lowest BCUT2D eigenvalue weighted by Gasteiger charge is -2.22. The molecule has 2 aromatic carbocycles. The van der Waals surface area contributed by atoms with Crippen molar-refractivity contribution < 1.29 is 4.39 Å². The van der Waals surface area contributed by atoms with Crippen molar-refractivity contribution in [3.05, 3.63) is 78.9 Å². The second-order valence-electron chi connectivity index (χ2n) is 7.53. The average molecular weight is 344 g/mol. The summed E-state index contributed by atoms with van der Waals surface area (Å²) < 4.78 is 17.3. The highest BCUT2D eigenvalue weighted by atomic mass is 19.1. The van der Waals surface area contributed by atoms with Crippen molar-refractivity contribution in [3.8, 4) is 22.3 Å². The van der Waals surface area contributed by atoms with E-state index in [0.717, 1.165) is 22.2 Å². The number of hydrogen-bond acceptors (Lipinski definition) is 1. The Bertz CT molecular complexity index is 1070. The maximum atomic E-state index is 15.2. The van der Waals surface area contributed by atoms with Crippen molar-refractivity contribution in [2.45, 2.75) is 26.3 Å². The van der Waals surface area contributed by atoms with Gasteiger partial charge in [-0.3, -0.25) is 0 Å². The summed E-state index contributed by atoms with van der Waals surface area (Å²) in [6.07, 6.45) is 3.80. The molecule has 0 atom stereocenters. The van der Waals surface area contributed by atoms with Crippen LogP contribution in [0.4, 0.5) is 4.39 Å². The van der Waals surface area contributed by atoms with Gasteiger partial charge in [0.1, 0.15) is 11.5 Å². The summed E-state index contributed by atoms with van der Waals surface area (Å²) in [6.45, 7) is 6.43. The molecule has 0 fully saturated rings. The molecule has 0 saturated carbocycles. The van der Waals surface area contributed by atoms with Gasteiger partial charge in [-0.1, -0.05) is 48.5 Å². The fraction of sp³-hybridized carbons (Fsp3) is 0.174. The van der Waals surface area contributed by atoms with Gasteiger partial charge in [0.15, 0.2) is 0 Å². The van der Waals surface area contributed by atoms with E-state index in [1.165, 1.54) is 0 Å². The number of nitrogens with zero attached hydrogens (tertiary/aromatic N) is 2. The zero-order valence-electron chi connectivity index (χ0n) is 15.2. The maximum absolute atomic E-state index is 15.2. The van der Waals surface area contributed by atoms with Gasteiger partial charge >= 0.3 is 0 Å². The van der Waals surface area contributed by atoms with Gasteiger partial charge in [0.2, 0.25) is 0 Å². The van der Waals surface area contributed by atoms with E-state index >= 15 is 4.39 Å². The molecule has 0 N–H and O–H groups in total. The average Bonchev–Trinajstić information content (AvgIpc) is 3.06. The molecule has 4 rings (SSSR count). The van der Waals surface area contributed by atoms with E-state index in [-0.39, 0.29) is 11.4 Å². The lowest BCUT2D eigenvalue weighted by Crippen LogP contribution is -2.20. The first-order valence-electron chi connectivity index (χ1n) is 8.77. The summed E-state index contributed by atoms with van der Waals surface area (Å²) in [5.41, 5.74) is 3.72. The third-order valence-corrected chi connectivity index (χ3v) is 4.64. The summed E-state index contributed by atoms with van der Waals surface area (Å²) in [6, 6.07) is 19.2. The van der Waals surface area contributed by atoms with Crippen molar-refractivity contribution >= 4 is 11.0 Å². The second kappa shape index (κ2) is 6.10. The predicted octanol–water partition coefficient (Wildman–Crippen LogP) is 6.26. The first kappa shape index (κ1) is 16.5. The highest BCUT2D eigenvalue weighted by Crippen LogP contribution is 2.32. The van der Waals surface area contributed by atoms with Gasteiger partial charge in [-0.25, -0.2) is 9.37 Å². The monoisotopic (exact) mass is 344 g/mol. The number of benzene rings is 2. The molecule has 0 amide bonds. The topological polar surface area (TPSA) is 17.8 Å². The Balaban J connectivity index is 1.84. The Morgan fingerprint density at radius 1 is 0.846 bits per heavy atom. The molecule has 0 radical (unpaired) electrons. The van der Waals surface area contributed by atoms with E-state index < -0.39 is 0 Å². The Kier molecular flexibility index (Phi) is 3.87. The fourth-order valence-electron chi connectivity index (χ4n) is 3.31. The van der Waals surface area contributed by atoms with Crippen LogP contribution in [0.3, 0.4) is 0 Å². The van der Waals surface area contributed by atoms with Gasteiger partial charge < -0.3 is 4.57 Å². The summed E-state index contributed by atoms with van der Waals surface area (Å²) in [4.78, 5) is 4.62. The van der Waals surface area contributed by atoms with E-state index in [1.54, 1.807) is 6.20 Å². The molecular formula is C23H21FN2. The molecular weight excluding hydrogens is 323 g/mol. The van der Waals surface area contributed by atoms with Gasteiger partial charge in [0, 0.05) is 40.0 Å². The molecule has 2 aromatic heterocycles. The summed E-state index contributed by atoms with van der Waals surface area (Å²) in [7, 11) is 0. The zero-order valence-corrected chi connectivity index (χ0v) is 15.2. The zero-order chi connectivity index (χ0) is 18.3. The van der Waals surface area contributed by atoms with E-state index in [0.29, 0.717) is 11.1 Å². The highest BCUT2D eigenvalue weighted by molar-refractivity contribution is 5.83. The molecule has 0 spiro atoms. The Morgan fingerprint density at radius 2 is 1.54 bits per heavy atom. The summed E-state index contributed by atoms with van der Waals surface area (Å²) in [5, 5.41) is 1.02. The molecule has 3 heteroatoms. The molecule has 26 heavy (non-hydrogen) atoms. The van der Waals surface area contributed by atoms with E-state index in [1.807, 2.05) is 66.9 Å². The van der Waals surface area contributed by atoms with Crippen LogP contribution in [0, 0.1) is 5.82 Å². The molecule has 0 aliphatic carbocycles. The maximum Gasteiger partial charge on any atom is 0.140 e. The van der Waals surface area contributed by atoms with Gasteiger partial charge in [0.25, 0.3) is 0 Å². The number of aromatic nitrogens is 2. The highest BCUT2D eigenvalue weighted by Gasteiger charge is 2.17. The van der Waals surface area contributed by atoms with Crippen molar-refractivity contribution in [2.75, 3.05) is 0 Å². The van der Waals surface area contributed by atoms with Gasteiger partial charge in [-0.05, 0) is 38.5 Å². The van der Waals surface area contributed by atoms with Crippen LogP contribution in [0.2, 0.25) is 0 Å². The molecule has 0 aliphatic rings. The molecule has 2 heterocycles. The van der Waals surface area contributed by atoms with Crippen molar-refractivity contribution in [1.29, 1.82) is 0 Å². The fourth-order valence-corrected chi connectivity index (χ4v) is 3.31. The molecule has 0 unspecified atom stereocenters. The number of halogens is 1. The van der Waals surface area contributed by atoms with Crippen LogP contribution in [-0.2, 0) is 5.54 Å². The first-order chi connectivity index (χ1) is 12.4. The van der Waals surface area contributed by atoms with Crippen LogP contribution in [0.1, 0.15) is 20.8 Å². The molecule has 4 aromatic rings. The van der Waals surface area contributed by atoms with Gasteiger partial charge in [-0.15, -0.1) is 0 Å². The van der Waals surface area contributed by atoms with Crippen molar-refractivity contribution in [3.63, 3.8) is 0 Å². The van der Waals surface area contributed by atoms with E-state index in [4.69, 9.17) is 0 Å². The Morgan fingerprint density at radius 3 is 2.23 bits per heavy atom. The third kappa shape index (κ3) is 2.80. The minimum absolute atomic E-state index is 0.0469. The Hall–Kier alpha value is -2.94. The minimum Gasteiger partial charge on any atom is -0.327 e. The number of hydrogen-bond donors (Lipinski definition) is 0. The molecule has 0 bridgehead atoms. The normalized spacial score (nSPS) is 11.8. The summed E-state index contributed by atoms with van der Waals surface area (Å²) >= 11 is 0. The molecule has 2 nitrogen and oxygen atoms in total.